The van der Waals surface area contributed by atoms with E-state index < -0.39 is 108 Å². The van der Waals surface area contributed by atoms with E-state index in [1.165, 1.54) is 32.4 Å². The summed E-state index contributed by atoms with van der Waals surface area (Å²) in [4.78, 5) is 33.3. The molecule has 0 amide bonds. The van der Waals surface area contributed by atoms with Gasteiger partial charge in [0.25, 0.3) is 0 Å². The predicted molar refractivity (Wildman–Crippen MR) is 293 cm³/mol. The largest absolute Gasteiger partial charge is 0.494 e. The molecule has 1 aromatic heterocycles. The minimum atomic E-state index is -2.00. The van der Waals surface area contributed by atoms with Gasteiger partial charge in [0.2, 0.25) is 0 Å². The number of benzene rings is 2. The van der Waals surface area contributed by atoms with Crippen molar-refractivity contribution in [2.45, 2.75) is 212 Å². The van der Waals surface area contributed by atoms with Crippen LogP contribution in [0.4, 0.5) is 5.69 Å². The molecule has 5 heterocycles. The van der Waals surface area contributed by atoms with Gasteiger partial charge in [-0.25, -0.2) is 4.68 Å². The molecule has 4 N–H and O–H groups in total. The van der Waals surface area contributed by atoms with Crippen LogP contribution in [0.5, 0.6) is 5.75 Å². The first-order valence-electron chi connectivity index (χ1n) is 28.3. The van der Waals surface area contributed by atoms with Crippen LogP contribution < -0.4 is 9.64 Å². The monoisotopic (exact) mass is 1090 g/mol. The van der Waals surface area contributed by atoms with Gasteiger partial charge in [0.05, 0.1) is 67.0 Å². The number of ketones is 1. The summed E-state index contributed by atoms with van der Waals surface area (Å²) >= 11 is 0. The molecule has 2 aromatic carbocycles. The van der Waals surface area contributed by atoms with E-state index in [0.29, 0.717) is 26.0 Å². The van der Waals surface area contributed by atoms with Gasteiger partial charge < -0.3 is 68.1 Å². The van der Waals surface area contributed by atoms with E-state index >= 15 is 0 Å². The highest BCUT2D eigenvalue weighted by Gasteiger charge is 2.54. The van der Waals surface area contributed by atoms with Crippen molar-refractivity contribution in [2.24, 2.45) is 23.7 Å². The van der Waals surface area contributed by atoms with Crippen molar-refractivity contribution in [1.82, 2.24) is 19.9 Å². The fraction of sp³-hybridized carbons (Fsp3) is 0.729. The lowest BCUT2D eigenvalue weighted by molar-refractivity contribution is -0.319. The van der Waals surface area contributed by atoms with Crippen molar-refractivity contribution in [3.63, 3.8) is 0 Å². The molecule has 0 aliphatic carbocycles. The number of hydrogen-bond donors (Lipinski definition) is 4. The van der Waals surface area contributed by atoms with Crippen LogP contribution in [0.15, 0.2) is 54.7 Å². The van der Waals surface area contributed by atoms with Gasteiger partial charge in [-0.05, 0) is 124 Å². The van der Waals surface area contributed by atoms with Crippen molar-refractivity contribution in [3.8, 4) is 17.0 Å². The highest BCUT2D eigenvalue weighted by molar-refractivity contribution is 5.83. The molecule has 4 aliphatic heterocycles. The maximum absolute atomic E-state index is 14.5. The molecule has 2 unspecified atom stereocenters. The molecule has 7 rings (SSSR count). The topological polar surface area (TPSA) is 226 Å². The third-order valence-corrected chi connectivity index (χ3v) is 17.7. The summed E-state index contributed by atoms with van der Waals surface area (Å²) in [5, 5.41) is 55.8. The standard InChI is InChI=1S/C59H91N5O14/c1-15-47-59(11,70)52(67)37(5)49(65)34(2)30-58(10,72-14)54(38(6)51(39(7)55(69)76-47)77-48-31-57(9,71-13)53(68)40(8)75-48)78-56-50(66)46(29-36(4)74-56)62(12)26-18-28-73-43-23-21-41(22-24-43)44-33-63(61-60-44)32-35(3)64-27-25-42-19-16-17-20-45(42)64/h16-17,19-24,33-40,46-48,50-54,56,66-68,70H,15,18,25-32H2,1-14H3/t34-,35-,36-,37+,38+,39-,40+,46?,47-,48?,50-,51+,52-,53+,54-,56+,57-,58-,59-/m1/s1. The molecule has 0 radical (unpaired) electrons. The van der Waals surface area contributed by atoms with Gasteiger partial charge in [-0.2, -0.15) is 0 Å². The number of aliphatic hydroxyl groups excluding tert-OH is 3. The van der Waals surface area contributed by atoms with Gasteiger partial charge >= 0.3 is 5.97 Å². The lowest BCUT2D eigenvalue weighted by atomic mass is 9.74. The molecule has 3 saturated heterocycles. The van der Waals surface area contributed by atoms with Gasteiger partial charge in [-0.15, -0.1) is 5.10 Å². The Morgan fingerprint density at radius 2 is 1.58 bits per heavy atom. The predicted octanol–water partition coefficient (Wildman–Crippen LogP) is 5.99. The van der Waals surface area contributed by atoms with E-state index in [9.17, 15) is 30.0 Å². The van der Waals surface area contributed by atoms with Crippen LogP contribution in [0.3, 0.4) is 0 Å². The van der Waals surface area contributed by atoms with Gasteiger partial charge in [0.15, 0.2) is 12.6 Å². The van der Waals surface area contributed by atoms with E-state index in [1.807, 2.05) is 63.0 Å². The van der Waals surface area contributed by atoms with Crippen molar-refractivity contribution >= 4 is 17.4 Å². The molecule has 19 nitrogen and oxygen atoms in total. The Labute approximate surface area is 462 Å². The zero-order valence-electron chi connectivity index (χ0n) is 48.6. The van der Waals surface area contributed by atoms with Gasteiger partial charge in [0.1, 0.15) is 41.1 Å². The zero-order valence-corrected chi connectivity index (χ0v) is 48.6. The number of para-hydroxylation sites is 1. The van der Waals surface area contributed by atoms with Gasteiger partial charge in [-0.1, -0.05) is 51.1 Å². The smallest absolute Gasteiger partial charge is 0.311 e. The number of hydrogen-bond acceptors (Lipinski definition) is 18. The van der Waals surface area contributed by atoms with E-state index in [-0.39, 0.29) is 37.2 Å². The molecule has 0 bridgehead atoms. The first-order chi connectivity index (χ1) is 36.9. The molecule has 436 valence electrons. The summed E-state index contributed by atoms with van der Waals surface area (Å²) in [6.45, 7) is 22.1. The summed E-state index contributed by atoms with van der Waals surface area (Å²) < 4.78 is 53.0. The molecule has 0 saturated carbocycles. The van der Waals surface area contributed by atoms with E-state index in [1.54, 1.807) is 41.5 Å². The molecule has 19 atom stereocenters. The molecule has 4 aliphatic rings. The van der Waals surface area contributed by atoms with Crippen molar-refractivity contribution in [3.05, 3.63) is 60.3 Å². The van der Waals surface area contributed by atoms with E-state index in [4.69, 9.17) is 37.9 Å². The van der Waals surface area contributed by atoms with Crippen LogP contribution in [0.1, 0.15) is 114 Å². The maximum Gasteiger partial charge on any atom is 0.311 e. The number of methoxy groups -OCH3 is 2. The van der Waals surface area contributed by atoms with Crippen LogP contribution in [-0.4, -0.2) is 183 Å². The first kappa shape index (κ1) is 61.5. The molecule has 19 heteroatoms. The van der Waals surface area contributed by atoms with Crippen molar-refractivity contribution in [2.75, 3.05) is 45.9 Å². The molecule has 78 heavy (non-hydrogen) atoms. The van der Waals surface area contributed by atoms with Gasteiger partial charge in [-0.3, -0.25) is 9.59 Å². The maximum atomic E-state index is 14.5. The Morgan fingerprint density at radius 3 is 2.26 bits per heavy atom. The molecule has 3 fully saturated rings. The minimum absolute atomic E-state index is 0.0741. The number of nitrogens with zero attached hydrogens (tertiary/aromatic N) is 5. The number of rotatable bonds is 17. The molecular weight excluding hydrogens is 1000 g/mol. The average Bonchev–Trinajstić information content (AvgIpc) is 4.11. The average molecular weight is 1090 g/mol. The van der Waals surface area contributed by atoms with Crippen LogP contribution in [0, 0.1) is 23.7 Å². The second-order valence-corrected chi connectivity index (χ2v) is 23.6. The highest BCUT2D eigenvalue weighted by Crippen LogP contribution is 2.42. The van der Waals surface area contributed by atoms with Crippen LogP contribution >= 0.6 is 0 Å². The zero-order chi connectivity index (χ0) is 57.0. The molecule has 0 spiro atoms. The summed E-state index contributed by atoms with van der Waals surface area (Å²) in [5.41, 5.74) is 0.0203. The number of aliphatic hydroxyl groups is 4. The number of fused-ring (bicyclic) bond motifs is 1. The molecular formula is C59H91N5O14. The second-order valence-electron chi connectivity index (χ2n) is 23.6. The Bertz CT molecular complexity index is 2430. The third-order valence-electron chi connectivity index (χ3n) is 17.7. The first-order valence-corrected chi connectivity index (χ1v) is 28.3. The number of likely N-dealkylation sites (N-methyl/N-ethyl adjacent to an activating group) is 1. The van der Waals surface area contributed by atoms with Crippen molar-refractivity contribution in [1.29, 1.82) is 0 Å². The second kappa shape index (κ2) is 25.8. The Hall–Kier alpha value is -4.12. The summed E-state index contributed by atoms with van der Waals surface area (Å²) in [5.74, 6) is -3.97. The molecule has 3 aromatic rings. The number of anilines is 1. The Kier molecular flexibility index (Phi) is 20.3. The fourth-order valence-electron chi connectivity index (χ4n) is 12.6. The normalized spacial score (nSPS) is 37.7. The SMILES string of the molecule is CC[C@H]1OC(=O)[C@H](C)[C@@H](OC2C[C@@](C)(OC)[C@@H](O)[C@H](C)O2)[C@H](C)[C@@H](O[C@@H]2O[C@H](C)CC(N(C)CCCOc3ccc(-c4cn(C[C@@H](C)N5CCc6ccccc65)nn4)cc3)[C@H]2O)[C@](C)(OC)C[C@@H](C)C(=O)[C@H](C)[C@@H](O)[C@]1(C)O. The Morgan fingerprint density at radius 1 is 0.885 bits per heavy atom. The van der Waals surface area contributed by atoms with Gasteiger partial charge in [0, 0.05) is 74.8 Å². The number of carbonyl (C=O) groups is 2. The van der Waals surface area contributed by atoms with Crippen LogP contribution in [0.2, 0.25) is 0 Å². The number of esters is 1. The summed E-state index contributed by atoms with van der Waals surface area (Å²) in [6, 6.07) is 16.3. The number of Topliss-reactive ketones (excluding diaryl/α,β-unsaturated/α-hetero) is 1. The van der Waals surface area contributed by atoms with Crippen LogP contribution in [-0.2, 0) is 55.7 Å². The van der Waals surface area contributed by atoms with Crippen molar-refractivity contribution < 1.29 is 67.9 Å². The third kappa shape index (κ3) is 13.4. The van der Waals surface area contributed by atoms with E-state index in [2.05, 4.69) is 51.3 Å². The quantitative estimate of drug-likeness (QED) is 0.0900. The lowest BCUT2D eigenvalue weighted by Gasteiger charge is -2.50. The number of carbonyl (C=O) groups excluding carboxylic acids is 2. The summed E-state index contributed by atoms with van der Waals surface area (Å²) in [7, 11) is 4.97. The summed E-state index contributed by atoms with van der Waals surface area (Å²) in [6.07, 6.45) is -5.77. The number of aromatic nitrogens is 3. The number of ether oxygens (including phenoxy) is 8. The Balaban J connectivity index is 1.05. The number of cyclic esters (lactones) is 1. The van der Waals surface area contributed by atoms with E-state index in [0.717, 1.165) is 36.5 Å². The van der Waals surface area contributed by atoms with Crippen LogP contribution in [0.25, 0.3) is 11.3 Å². The minimum Gasteiger partial charge on any atom is -0.494 e. The fourth-order valence-corrected chi connectivity index (χ4v) is 12.6. The highest BCUT2D eigenvalue weighted by atomic mass is 16.7. The lowest BCUT2D eigenvalue weighted by Crippen LogP contribution is -2.61.